The molecule has 1 aliphatic carbocycles. The highest BCUT2D eigenvalue weighted by Gasteiger charge is 2.28. The number of carbonyl (C=O) groups is 2. The van der Waals surface area contributed by atoms with Gasteiger partial charge in [0.05, 0.1) is 18.2 Å². The van der Waals surface area contributed by atoms with Crippen LogP contribution in [0, 0.1) is 5.92 Å². The summed E-state index contributed by atoms with van der Waals surface area (Å²) in [6, 6.07) is 11.4. The average molecular weight is 394 g/mol. The van der Waals surface area contributed by atoms with E-state index in [9.17, 15) is 9.59 Å². The first kappa shape index (κ1) is 18.5. The Labute approximate surface area is 167 Å². The fourth-order valence-electron chi connectivity index (χ4n) is 3.84. The molecule has 0 radical (unpaired) electrons. The minimum atomic E-state index is -0.493. The first-order chi connectivity index (χ1) is 13.5. The second kappa shape index (κ2) is 7.28. The van der Waals surface area contributed by atoms with Gasteiger partial charge in [-0.05, 0) is 53.6 Å². The van der Waals surface area contributed by atoms with Crippen LogP contribution in [0.5, 0.6) is 5.75 Å². The predicted octanol–water partition coefficient (Wildman–Crippen LogP) is 4.39. The number of anilines is 1. The maximum atomic E-state index is 13.1. The number of nitrogens with two attached hydrogens (primary N) is 1. The van der Waals surface area contributed by atoms with E-state index in [2.05, 4.69) is 12.2 Å². The molecule has 144 valence electrons. The van der Waals surface area contributed by atoms with Gasteiger partial charge in [-0.2, -0.15) is 0 Å². The number of hydrogen-bond donors (Lipinski definition) is 2. The van der Waals surface area contributed by atoms with Gasteiger partial charge >= 0.3 is 0 Å². The molecule has 3 N–H and O–H groups in total. The molecule has 2 aromatic carbocycles. The minimum Gasteiger partial charge on any atom is -0.496 e. The highest BCUT2D eigenvalue weighted by Crippen LogP contribution is 2.40. The van der Waals surface area contributed by atoms with E-state index in [1.54, 1.807) is 7.11 Å². The van der Waals surface area contributed by atoms with E-state index in [0.717, 1.165) is 40.5 Å². The van der Waals surface area contributed by atoms with Crippen LogP contribution in [0.2, 0.25) is 0 Å². The molecule has 0 saturated heterocycles. The van der Waals surface area contributed by atoms with Crippen LogP contribution < -0.4 is 15.8 Å². The third kappa shape index (κ3) is 3.24. The number of thiophene rings is 1. The molecule has 0 spiro atoms. The maximum Gasteiger partial charge on any atom is 0.260 e. The summed E-state index contributed by atoms with van der Waals surface area (Å²) in [5.74, 6) is 0.195. The lowest BCUT2D eigenvalue weighted by molar-refractivity contribution is 0.1000. The Morgan fingerprint density at radius 1 is 1.21 bits per heavy atom. The zero-order valence-electron chi connectivity index (χ0n) is 15.9. The number of hydrogen-bond acceptors (Lipinski definition) is 4. The normalized spacial score (nSPS) is 15.9. The topological polar surface area (TPSA) is 81.4 Å². The Bertz CT molecular complexity index is 1090. The van der Waals surface area contributed by atoms with Crippen LogP contribution in [0.3, 0.4) is 0 Å². The molecule has 1 heterocycles. The Kier molecular flexibility index (Phi) is 4.81. The quantitative estimate of drug-likeness (QED) is 0.689. The number of fused-ring (bicyclic) bond motifs is 2. The lowest BCUT2D eigenvalue weighted by Crippen LogP contribution is -2.20. The van der Waals surface area contributed by atoms with Crippen molar-refractivity contribution in [2.75, 3.05) is 12.4 Å². The van der Waals surface area contributed by atoms with Crippen molar-refractivity contribution in [1.29, 1.82) is 0 Å². The summed E-state index contributed by atoms with van der Waals surface area (Å²) >= 11 is 1.46. The van der Waals surface area contributed by atoms with E-state index in [1.165, 1.54) is 11.3 Å². The van der Waals surface area contributed by atoms with Crippen molar-refractivity contribution >= 4 is 38.9 Å². The molecule has 1 atom stereocenters. The van der Waals surface area contributed by atoms with Gasteiger partial charge in [0, 0.05) is 4.88 Å². The highest BCUT2D eigenvalue weighted by molar-refractivity contribution is 7.17. The third-order valence-corrected chi connectivity index (χ3v) is 6.50. The van der Waals surface area contributed by atoms with Crippen molar-refractivity contribution in [3.8, 4) is 5.75 Å². The molecule has 0 fully saturated rings. The molecule has 28 heavy (non-hydrogen) atoms. The van der Waals surface area contributed by atoms with Crippen molar-refractivity contribution < 1.29 is 14.3 Å². The zero-order valence-corrected chi connectivity index (χ0v) is 16.7. The third-order valence-electron chi connectivity index (χ3n) is 5.29. The molecule has 4 rings (SSSR count). The van der Waals surface area contributed by atoms with Crippen molar-refractivity contribution in [3.05, 3.63) is 58.0 Å². The Hall–Kier alpha value is -2.86. The molecule has 5 nitrogen and oxygen atoms in total. The van der Waals surface area contributed by atoms with E-state index >= 15 is 0 Å². The molecule has 0 saturated carbocycles. The highest BCUT2D eigenvalue weighted by atomic mass is 32.1. The average Bonchev–Trinajstić information content (AvgIpc) is 3.03. The van der Waals surface area contributed by atoms with Crippen LogP contribution in [-0.2, 0) is 12.8 Å². The number of aryl methyl sites for hydroxylation is 1. The maximum absolute atomic E-state index is 13.1. The molecular formula is C22H22N2O3S. The standard InChI is InChI=1S/C22H22N2O3S/c1-12-7-8-18-16(9-12)19(20(23)25)22(28-18)24-21(26)15-10-13-5-3-4-6-14(13)11-17(15)27-2/h3-6,10-12H,7-9H2,1-2H3,(H2,23,25)(H,24,26)/t12-/m0/s1. The number of rotatable bonds is 4. The minimum absolute atomic E-state index is 0.309. The van der Waals surface area contributed by atoms with Gasteiger partial charge in [0.25, 0.3) is 11.8 Å². The predicted molar refractivity (Wildman–Crippen MR) is 112 cm³/mol. The first-order valence-electron chi connectivity index (χ1n) is 9.30. The molecule has 6 heteroatoms. The van der Waals surface area contributed by atoms with Crippen LogP contribution >= 0.6 is 11.3 Å². The largest absolute Gasteiger partial charge is 0.496 e. The van der Waals surface area contributed by atoms with Gasteiger partial charge in [-0.1, -0.05) is 31.2 Å². The Balaban J connectivity index is 1.73. The Morgan fingerprint density at radius 2 is 1.93 bits per heavy atom. The van der Waals surface area contributed by atoms with Crippen molar-refractivity contribution in [1.82, 2.24) is 0 Å². The molecule has 0 aliphatic heterocycles. The molecule has 2 amide bonds. The monoisotopic (exact) mass is 394 g/mol. The van der Waals surface area contributed by atoms with Gasteiger partial charge in [-0.15, -0.1) is 11.3 Å². The van der Waals surface area contributed by atoms with E-state index in [1.807, 2.05) is 36.4 Å². The lowest BCUT2D eigenvalue weighted by atomic mass is 9.87. The SMILES string of the molecule is COc1cc2ccccc2cc1C(=O)Nc1sc2c(c1C(N)=O)C[C@@H](C)CC2. The summed E-state index contributed by atoms with van der Waals surface area (Å²) in [6.45, 7) is 2.17. The zero-order chi connectivity index (χ0) is 19.8. The second-order valence-corrected chi connectivity index (χ2v) is 8.38. The van der Waals surface area contributed by atoms with Gasteiger partial charge in [-0.3, -0.25) is 9.59 Å². The first-order valence-corrected chi connectivity index (χ1v) is 10.1. The van der Waals surface area contributed by atoms with E-state index < -0.39 is 5.91 Å². The summed E-state index contributed by atoms with van der Waals surface area (Å²) in [5, 5.41) is 5.39. The van der Waals surface area contributed by atoms with Crippen LogP contribution in [-0.4, -0.2) is 18.9 Å². The Morgan fingerprint density at radius 3 is 2.61 bits per heavy atom. The second-order valence-electron chi connectivity index (χ2n) is 7.27. The molecule has 1 aromatic heterocycles. The molecular weight excluding hydrogens is 372 g/mol. The van der Waals surface area contributed by atoms with Gasteiger partial charge < -0.3 is 15.8 Å². The van der Waals surface area contributed by atoms with Gasteiger partial charge in [0.2, 0.25) is 0 Å². The number of amides is 2. The summed E-state index contributed by atoms with van der Waals surface area (Å²) < 4.78 is 5.44. The number of ether oxygens (including phenoxy) is 1. The number of nitrogens with one attached hydrogen (secondary N) is 1. The summed E-state index contributed by atoms with van der Waals surface area (Å²) in [6.07, 6.45) is 2.81. The fraction of sp³-hybridized carbons (Fsp3) is 0.273. The van der Waals surface area contributed by atoms with Crippen molar-refractivity contribution in [3.63, 3.8) is 0 Å². The van der Waals surface area contributed by atoms with Crippen LogP contribution in [0.25, 0.3) is 10.8 Å². The molecule has 1 aliphatic rings. The smallest absolute Gasteiger partial charge is 0.260 e. The van der Waals surface area contributed by atoms with Crippen molar-refractivity contribution in [2.24, 2.45) is 11.7 Å². The van der Waals surface area contributed by atoms with E-state index in [4.69, 9.17) is 10.5 Å². The molecule has 0 bridgehead atoms. The van der Waals surface area contributed by atoms with Crippen LogP contribution in [0.4, 0.5) is 5.00 Å². The van der Waals surface area contributed by atoms with Crippen molar-refractivity contribution in [2.45, 2.75) is 26.2 Å². The fourth-order valence-corrected chi connectivity index (χ4v) is 5.09. The van der Waals surface area contributed by atoms with Crippen LogP contribution in [0.15, 0.2) is 36.4 Å². The van der Waals surface area contributed by atoms with Gasteiger partial charge in [-0.25, -0.2) is 0 Å². The van der Waals surface area contributed by atoms with Gasteiger partial charge in [0.15, 0.2) is 0 Å². The van der Waals surface area contributed by atoms with Crippen LogP contribution in [0.1, 0.15) is 44.5 Å². The summed E-state index contributed by atoms with van der Waals surface area (Å²) in [4.78, 5) is 26.3. The van der Waals surface area contributed by atoms with Gasteiger partial charge in [0.1, 0.15) is 10.8 Å². The number of methoxy groups -OCH3 is 1. The summed E-state index contributed by atoms with van der Waals surface area (Å²) in [7, 11) is 1.54. The summed E-state index contributed by atoms with van der Waals surface area (Å²) in [5.41, 5.74) is 7.55. The lowest BCUT2D eigenvalue weighted by Gasteiger charge is -2.18. The molecule has 0 unspecified atom stereocenters. The number of benzene rings is 2. The number of carbonyl (C=O) groups excluding carboxylic acids is 2. The molecule has 3 aromatic rings. The number of primary amides is 1. The van der Waals surface area contributed by atoms with E-state index in [-0.39, 0.29) is 5.91 Å². The van der Waals surface area contributed by atoms with E-state index in [0.29, 0.717) is 27.8 Å².